The largest absolute Gasteiger partial charge is 0.448 e. The first kappa shape index (κ1) is 13.9. The van der Waals surface area contributed by atoms with E-state index in [1.165, 1.54) is 0 Å². The molecule has 0 atom stereocenters. The van der Waals surface area contributed by atoms with E-state index in [1.807, 2.05) is 41.5 Å². The molecule has 0 unspecified atom stereocenters. The number of hydrogen-bond acceptors (Lipinski definition) is 3. The molecule has 0 spiro atoms. The number of rotatable bonds is 3. The van der Waals surface area contributed by atoms with Crippen molar-refractivity contribution in [2.75, 3.05) is 6.61 Å². The average Bonchev–Trinajstić information content (AvgIpc) is 2.09. The summed E-state index contributed by atoms with van der Waals surface area (Å²) in [5.74, 6) is 0.337. The van der Waals surface area contributed by atoms with Crippen molar-refractivity contribution in [2.45, 2.75) is 41.5 Å². The molecule has 4 heteroatoms. The topological polar surface area (TPSA) is 50.7 Å². The van der Waals surface area contributed by atoms with Gasteiger partial charge in [0, 0.05) is 11.1 Å². The van der Waals surface area contributed by atoms with E-state index in [-0.39, 0.29) is 5.41 Å². The summed E-state index contributed by atoms with van der Waals surface area (Å²) >= 11 is 0. The van der Waals surface area contributed by atoms with Crippen LogP contribution in [0.5, 0.6) is 0 Å². The van der Waals surface area contributed by atoms with Gasteiger partial charge in [0.25, 0.3) is 0 Å². The fraction of sp³-hybridized carbons (Fsp3) is 0.818. The van der Waals surface area contributed by atoms with Crippen LogP contribution in [0, 0.1) is 11.3 Å². The first-order valence-electron chi connectivity index (χ1n) is 5.21. The fourth-order valence-electron chi connectivity index (χ4n) is 0.572. The van der Waals surface area contributed by atoms with E-state index in [4.69, 9.17) is 4.74 Å². The predicted octanol–water partition coefficient (Wildman–Crippen LogP) is 2.79. The Morgan fingerprint density at radius 3 is 2.33 bits per heavy atom. The Bertz CT molecular complexity index is 239. The molecule has 0 aromatic rings. The molecule has 1 N–H and O–H groups in total. The first-order valence-corrected chi connectivity index (χ1v) is 5.21. The minimum Gasteiger partial charge on any atom is -0.448 e. The number of carbonyl (C=O) groups excluding carboxylic acids is 1. The maximum Gasteiger partial charge on any atom is 0.427 e. The Labute approximate surface area is 92.1 Å². The summed E-state index contributed by atoms with van der Waals surface area (Å²) < 4.78 is 4.91. The molecule has 0 fully saturated rings. The van der Waals surface area contributed by atoms with Gasteiger partial charge in [0.2, 0.25) is 0 Å². The second-order valence-electron chi connectivity index (χ2n) is 5.05. The smallest absolute Gasteiger partial charge is 0.427 e. The highest BCUT2D eigenvalue weighted by Crippen LogP contribution is 2.14. The van der Waals surface area contributed by atoms with E-state index in [0.717, 1.165) is 5.71 Å². The highest BCUT2D eigenvalue weighted by molar-refractivity contribution is 5.87. The predicted molar refractivity (Wildman–Crippen MR) is 61.9 cm³/mol. The molecule has 0 aliphatic heterocycles. The quantitative estimate of drug-likeness (QED) is 0.580. The Hall–Kier alpha value is -1.06. The maximum atomic E-state index is 11.1. The lowest BCUT2D eigenvalue weighted by Gasteiger charge is -2.17. The Morgan fingerprint density at radius 1 is 1.40 bits per heavy atom. The van der Waals surface area contributed by atoms with Crippen LogP contribution in [0.4, 0.5) is 4.79 Å². The van der Waals surface area contributed by atoms with Gasteiger partial charge in [0.15, 0.2) is 0 Å². The summed E-state index contributed by atoms with van der Waals surface area (Å²) in [5.41, 5.74) is 3.20. The van der Waals surface area contributed by atoms with Crippen molar-refractivity contribution in [3.8, 4) is 0 Å². The highest BCUT2D eigenvalue weighted by atomic mass is 16.6. The van der Waals surface area contributed by atoms with E-state index in [2.05, 4.69) is 10.5 Å². The summed E-state index contributed by atoms with van der Waals surface area (Å²) in [6, 6.07) is 0. The van der Waals surface area contributed by atoms with E-state index < -0.39 is 6.09 Å². The SMILES string of the molecule is C/C(=N\NC(=O)OCC(C)C)C(C)(C)C. The molecule has 88 valence electrons. The van der Waals surface area contributed by atoms with Crippen LogP contribution in [0.15, 0.2) is 5.10 Å². The molecule has 0 heterocycles. The summed E-state index contributed by atoms with van der Waals surface area (Å²) in [5, 5.41) is 3.97. The zero-order chi connectivity index (χ0) is 12.1. The summed E-state index contributed by atoms with van der Waals surface area (Å²) in [7, 11) is 0. The Balaban J connectivity index is 3.99. The van der Waals surface area contributed by atoms with Crippen molar-refractivity contribution in [1.82, 2.24) is 5.43 Å². The lowest BCUT2D eigenvalue weighted by molar-refractivity contribution is 0.133. The van der Waals surface area contributed by atoms with Crippen LogP contribution in [0.1, 0.15) is 41.5 Å². The molecule has 15 heavy (non-hydrogen) atoms. The van der Waals surface area contributed by atoms with Crippen LogP contribution in [-0.4, -0.2) is 18.4 Å². The van der Waals surface area contributed by atoms with Crippen LogP contribution < -0.4 is 5.43 Å². The number of ether oxygens (including phenoxy) is 1. The standard InChI is InChI=1S/C11H22N2O2/c1-8(2)7-15-10(14)13-12-9(3)11(4,5)6/h8H,7H2,1-6H3,(H,13,14)/b12-9+. The molecular formula is C11H22N2O2. The zero-order valence-corrected chi connectivity index (χ0v) is 10.5. The van der Waals surface area contributed by atoms with Gasteiger partial charge < -0.3 is 4.74 Å². The van der Waals surface area contributed by atoms with Crippen LogP contribution in [-0.2, 0) is 4.74 Å². The number of nitrogens with zero attached hydrogens (tertiary/aromatic N) is 1. The molecule has 0 saturated carbocycles. The number of hydrazone groups is 1. The molecule has 0 aromatic heterocycles. The second kappa shape index (κ2) is 5.73. The van der Waals surface area contributed by atoms with Crippen molar-refractivity contribution in [3.05, 3.63) is 0 Å². The van der Waals surface area contributed by atoms with Gasteiger partial charge in [-0.15, -0.1) is 0 Å². The summed E-state index contributed by atoms with van der Waals surface area (Å²) in [4.78, 5) is 11.1. The molecule has 0 aliphatic rings. The van der Waals surface area contributed by atoms with Crippen molar-refractivity contribution in [1.29, 1.82) is 0 Å². The molecular weight excluding hydrogens is 192 g/mol. The van der Waals surface area contributed by atoms with Gasteiger partial charge in [-0.25, -0.2) is 10.2 Å². The van der Waals surface area contributed by atoms with Gasteiger partial charge in [-0.2, -0.15) is 5.10 Å². The van der Waals surface area contributed by atoms with Gasteiger partial charge in [0.1, 0.15) is 0 Å². The van der Waals surface area contributed by atoms with E-state index in [9.17, 15) is 4.79 Å². The van der Waals surface area contributed by atoms with Gasteiger partial charge in [-0.05, 0) is 12.8 Å². The van der Waals surface area contributed by atoms with Crippen molar-refractivity contribution in [3.63, 3.8) is 0 Å². The lowest BCUT2D eigenvalue weighted by Crippen LogP contribution is -2.26. The monoisotopic (exact) mass is 214 g/mol. The number of nitrogens with one attached hydrogen (secondary N) is 1. The Kier molecular flexibility index (Phi) is 5.33. The van der Waals surface area contributed by atoms with E-state index in [0.29, 0.717) is 12.5 Å². The molecule has 0 aromatic carbocycles. The maximum absolute atomic E-state index is 11.1. The third kappa shape index (κ3) is 6.94. The summed E-state index contributed by atoms with van der Waals surface area (Å²) in [6.07, 6.45) is -0.493. The van der Waals surface area contributed by atoms with Gasteiger partial charge >= 0.3 is 6.09 Å². The van der Waals surface area contributed by atoms with Crippen molar-refractivity contribution in [2.24, 2.45) is 16.4 Å². The lowest BCUT2D eigenvalue weighted by atomic mass is 9.91. The molecule has 1 amide bonds. The third-order valence-corrected chi connectivity index (χ3v) is 1.95. The number of amides is 1. The normalized spacial score (nSPS) is 12.9. The minimum atomic E-state index is -0.493. The molecule has 0 bridgehead atoms. The molecule has 0 saturated heterocycles. The molecule has 0 aliphatic carbocycles. The highest BCUT2D eigenvalue weighted by Gasteiger charge is 2.14. The molecule has 0 radical (unpaired) electrons. The number of hydrogen-bond donors (Lipinski definition) is 1. The van der Waals surface area contributed by atoms with Gasteiger partial charge in [0.05, 0.1) is 6.61 Å². The molecule has 4 nitrogen and oxygen atoms in total. The number of carbonyl (C=O) groups is 1. The second-order valence-corrected chi connectivity index (χ2v) is 5.05. The summed E-state index contributed by atoms with van der Waals surface area (Å²) in [6.45, 7) is 12.4. The fourth-order valence-corrected chi connectivity index (χ4v) is 0.572. The van der Waals surface area contributed by atoms with Crippen LogP contribution in [0.3, 0.4) is 0 Å². The minimum absolute atomic E-state index is 0.0364. The van der Waals surface area contributed by atoms with Gasteiger partial charge in [-0.3, -0.25) is 0 Å². The first-order chi connectivity index (χ1) is 6.73. The zero-order valence-electron chi connectivity index (χ0n) is 10.5. The Morgan fingerprint density at radius 2 is 1.93 bits per heavy atom. The third-order valence-electron chi connectivity index (χ3n) is 1.95. The van der Waals surface area contributed by atoms with Crippen LogP contribution >= 0.6 is 0 Å². The van der Waals surface area contributed by atoms with Crippen molar-refractivity contribution < 1.29 is 9.53 Å². The van der Waals surface area contributed by atoms with E-state index in [1.54, 1.807) is 0 Å². The van der Waals surface area contributed by atoms with Crippen molar-refractivity contribution >= 4 is 11.8 Å². The van der Waals surface area contributed by atoms with E-state index >= 15 is 0 Å². The van der Waals surface area contributed by atoms with Crippen LogP contribution in [0.2, 0.25) is 0 Å². The average molecular weight is 214 g/mol. The molecule has 0 rings (SSSR count). The van der Waals surface area contributed by atoms with Crippen LogP contribution in [0.25, 0.3) is 0 Å². The van der Waals surface area contributed by atoms with Gasteiger partial charge in [-0.1, -0.05) is 34.6 Å².